The Bertz CT molecular complexity index is 2130. The molecule has 1 aromatic heterocycles. The molecule has 2 aromatic rings. The summed E-state index contributed by atoms with van der Waals surface area (Å²) in [6.07, 6.45) is 12.3. The van der Waals surface area contributed by atoms with E-state index in [1.54, 1.807) is 39.8 Å². The third-order valence-corrected chi connectivity index (χ3v) is 16.1. The van der Waals surface area contributed by atoms with Crippen molar-refractivity contribution in [2.24, 2.45) is 29.1 Å². The van der Waals surface area contributed by atoms with Gasteiger partial charge in [-0.05, 0) is 106 Å². The van der Waals surface area contributed by atoms with Gasteiger partial charge in [-0.3, -0.25) is 33.3 Å². The normalized spacial score (nSPS) is 31.3. The summed E-state index contributed by atoms with van der Waals surface area (Å²) in [4.78, 5) is 72.9. The highest BCUT2D eigenvalue weighted by Gasteiger charge is 2.61. The zero-order valence-electron chi connectivity index (χ0n) is 33.2. The molecule has 3 heterocycles. The largest absolute Gasteiger partial charge is 0.473 e. The van der Waals surface area contributed by atoms with Gasteiger partial charge < -0.3 is 14.4 Å². The van der Waals surface area contributed by atoms with Crippen LogP contribution in [0.1, 0.15) is 116 Å². The van der Waals surface area contributed by atoms with Crippen molar-refractivity contribution in [1.82, 2.24) is 14.2 Å². The van der Waals surface area contributed by atoms with Crippen LogP contribution in [0.4, 0.5) is 0 Å². The number of nitrogens with zero attached hydrogens (tertiary/aromatic N) is 2. The second kappa shape index (κ2) is 16.7. The predicted octanol–water partition coefficient (Wildman–Crippen LogP) is 6.64. The molecule has 5 fully saturated rings. The molecule has 0 unspecified atom stereocenters. The number of halogens is 1. The number of esters is 1. The molecule has 0 spiro atoms. The summed E-state index contributed by atoms with van der Waals surface area (Å²) >= 11 is 6.37. The minimum absolute atomic E-state index is 0.0279. The fourth-order valence-electron chi connectivity index (χ4n) is 10.5. The number of ether oxygens (including phenoxy) is 2. The van der Waals surface area contributed by atoms with Crippen molar-refractivity contribution in [3.63, 3.8) is 0 Å². The maximum absolute atomic E-state index is 15.1. The van der Waals surface area contributed by atoms with Crippen LogP contribution in [0.25, 0.3) is 10.8 Å². The van der Waals surface area contributed by atoms with Crippen LogP contribution in [0, 0.1) is 29.1 Å². The number of Topliss-reactive ketones (excluding diaryl/α,β-unsaturated/α-hetero) is 1. The molecule has 314 valence electrons. The van der Waals surface area contributed by atoms with Gasteiger partial charge in [-0.25, -0.2) is 8.42 Å². The SMILES string of the molecule is C=C[C@@H]1C[C@]1(CC(=O)[C@@H]1C[C@@H]2CN1C(=O)[C@H](C1CCCCC1)CC(=O)O[C@@H]1CCC[C@H]1CCCCCn1c(cc3cc(Cl)ccc3c1=O)O2)C(=O)NS(=O)(=O)C1CC1. The van der Waals surface area contributed by atoms with E-state index >= 15 is 4.79 Å². The van der Waals surface area contributed by atoms with Crippen molar-refractivity contribution in [3.8, 4) is 5.88 Å². The molecule has 4 saturated carbocycles. The van der Waals surface area contributed by atoms with Crippen LogP contribution in [-0.4, -0.2) is 71.5 Å². The molecule has 0 radical (unpaired) electrons. The summed E-state index contributed by atoms with van der Waals surface area (Å²) in [5.74, 6) is -2.40. The minimum Gasteiger partial charge on any atom is -0.473 e. The number of aromatic nitrogens is 1. The Morgan fingerprint density at radius 2 is 1.64 bits per heavy atom. The van der Waals surface area contributed by atoms with Gasteiger partial charge in [0.15, 0.2) is 11.7 Å². The number of hydrogen-bond donors (Lipinski definition) is 1. The van der Waals surface area contributed by atoms with Crippen LogP contribution in [0.2, 0.25) is 5.02 Å². The van der Waals surface area contributed by atoms with E-state index in [2.05, 4.69) is 11.3 Å². The first-order valence-corrected chi connectivity index (χ1v) is 23.5. The van der Waals surface area contributed by atoms with E-state index in [-0.39, 0.29) is 73.4 Å². The molecule has 2 aliphatic heterocycles. The summed E-state index contributed by atoms with van der Waals surface area (Å²) in [5, 5.41) is 0.981. The number of rotatable bonds is 8. The van der Waals surface area contributed by atoms with Gasteiger partial charge in [0.2, 0.25) is 21.8 Å². The standard InChI is InChI=1S/C44H56ClN3O9S/c1-2-30-24-44(30,43(53)46-58(54,55)33-16-17-33)25-37(49)36-22-32-26-48(36)42(52)35(27-10-5-3-6-11-27)23-40(50)57-38-14-9-13-28(38)12-7-4-8-19-47-39(56-32)21-29-20-31(45)15-18-34(29)41(47)51/h2,15,18,20-21,27-28,30,32-33,35-36,38H,1,3-14,16-17,19,22-26H2,(H,46,53)/t28-,30-,32-,35+,36+,38-,44-/m1/s1. The number of sulfonamides is 1. The fraction of sp³-hybridized carbons (Fsp3) is 0.659. The van der Waals surface area contributed by atoms with Crippen molar-refractivity contribution in [1.29, 1.82) is 0 Å². The minimum atomic E-state index is -3.87. The number of fused-ring (bicyclic) bond motifs is 5. The Kier molecular flexibility index (Phi) is 11.8. The molecule has 6 aliphatic rings. The number of hydrogen-bond acceptors (Lipinski definition) is 9. The second-order valence-corrected chi connectivity index (χ2v) is 20.3. The summed E-state index contributed by atoms with van der Waals surface area (Å²) in [6.45, 7) is 4.29. The Labute approximate surface area is 345 Å². The monoisotopic (exact) mass is 837 g/mol. The van der Waals surface area contributed by atoms with Crippen LogP contribution in [-0.2, 0) is 40.5 Å². The molecular formula is C44H56ClN3O9S. The number of allylic oxidation sites excluding steroid dienone is 1. The third-order valence-electron chi connectivity index (χ3n) is 14.0. The number of carbonyl (C=O) groups is 4. The second-order valence-electron chi connectivity index (χ2n) is 18.0. The molecule has 2 amide bonds. The van der Waals surface area contributed by atoms with Crippen LogP contribution in [0.5, 0.6) is 5.88 Å². The van der Waals surface area contributed by atoms with E-state index in [0.29, 0.717) is 41.1 Å². The first kappa shape index (κ1) is 41.0. The van der Waals surface area contributed by atoms with E-state index in [0.717, 1.165) is 77.0 Å². The summed E-state index contributed by atoms with van der Waals surface area (Å²) < 4.78 is 42.5. The van der Waals surface area contributed by atoms with E-state index in [1.165, 1.54) is 0 Å². The number of carbonyl (C=O) groups excluding carboxylic acids is 4. The zero-order chi connectivity index (χ0) is 40.8. The molecule has 4 aliphatic carbocycles. The maximum Gasteiger partial charge on any atom is 0.306 e. The quantitative estimate of drug-likeness (QED) is 0.228. The van der Waals surface area contributed by atoms with E-state index in [1.807, 2.05) is 0 Å². The van der Waals surface area contributed by atoms with Crippen molar-refractivity contribution in [3.05, 3.63) is 52.3 Å². The highest BCUT2D eigenvalue weighted by atomic mass is 35.5. The van der Waals surface area contributed by atoms with Gasteiger partial charge in [0.25, 0.3) is 5.56 Å². The van der Waals surface area contributed by atoms with E-state index in [9.17, 15) is 27.6 Å². The highest BCUT2D eigenvalue weighted by Crippen LogP contribution is 2.57. The van der Waals surface area contributed by atoms with Gasteiger partial charge in [-0.2, -0.15) is 0 Å². The summed E-state index contributed by atoms with van der Waals surface area (Å²) in [5.41, 5.74) is -1.51. The van der Waals surface area contributed by atoms with Gasteiger partial charge in [0, 0.05) is 35.9 Å². The molecule has 14 heteroatoms. The average molecular weight is 838 g/mol. The number of amides is 2. The smallest absolute Gasteiger partial charge is 0.306 e. The van der Waals surface area contributed by atoms with Crippen molar-refractivity contribution >= 4 is 56.0 Å². The number of pyridine rings is 1. The Hall–Kier alpha value is -3.71. The van der Waals surface area contributed by atoms with Gasteiger partial charge in [0.1, 0.15) is 12.2 Å². The van der Waals surface area contributed by atoms with Gasteiger partial charge in [-0.1, -0.05) is 49.8 Å². The third kappa shape index (κ3) is 8.49. The van der Waals surface area contributed by atoms with Crippen molar-refractivity contribution in [2.45, 2.75) is 146 Å². The lowest BCUT2D eigenvalue weighted by molar-refractivity contribution is -0.157. The van der Waals surface area contributed by atoms with E-state index in [4.69, 9.17) is 21.1 Å². The maximum atomic E-state index is 15.1. The average Bonchev–Trinajstić information content (AvgIpc) is 4.09. The van der Waals surface area contributed by atoms with Gasteiger partial charge in [-0.15, -0.1) is 6.58 Å². The molecular weight excluding hydrogens is 782 g/mol. The zero-order valence-corrected chi connectivity index (χ0v) is 34.8. The number of benzene rings is 1. The topological polar surface area (TPSA) is 158 Å². The fourth-order valence-corrected chi connectivity index (χ4v) is 12.0. The summed E-state index contributed by atoms with van der Waals surface area (Å²) in [7, 11) is -3.87. The molecule has 58 heavy (non-hydrogen) atoms. The molecule has 2 bridgehead atoms. The van der Waals surface area contributed by atoms with Crippen molar-refractivity contribution < 1.29 is 37.1 Å². The number of nitrogens with one attached hydrogen (secondary N) is 1. The molecule has 12 nitrogen and oxygen atoms in total. The van der Waals surface area contributed by atoms with Gasteiger partial charge in [0.05, 0.1) is 35.6 Å². The Balaban J connectivity index is 1.15. The molecule has 8 rings (SSSR count). The predicted molar refractivity (Wildman–Crippen MR) is 219 cm³/mol. The van der Waals surface area contributed by atoms with Crippen LogP contribution in [0.3, 0.4) is 0 Å². The van der Waals surface area contributed by atoms with Crippen molar-refractivity contribution in [2.75, 3.05) is 6.54 Å². The van der Waals surface area contributed by atoms with E-state index < -0.39 is 50.6 Å². The first-order valence-electron chi connectivity index (χ1n) is 21.6. The van der Waals surface area contributed by atoms with Crippen LogP contribution in [0.15, 0.2) is 41.7 Å². The Morgan fingerprint density at radius 3 is 2.36 bits per heavy atom. The number of ketones is 1. The molecule has 1 saturated heterocycles. The molecule has 7 atom stereocenters. The van der Waals surface area contributed by atoms with Crippen LogP contribution >= 0.6 is 11.6 Å². The lowest BCUT2D eigenvalue weighted by atomic mass is 9.77. The molecule has 1 N–H and O–H groups in total. The summed E-state index contributed by atoms with van der Waals surface area (Å²) in [6, 6.07) is 5.91. The Morgan fingerprint density at radius 1 is 0.914 bits per heavy atom. The van der Waals surface area contributed by atoms with Gasteiger partial charge >= 0.3 is 5.97 Å². The van der Waals surface area contributed by atoms with Crippen LogP contribution < -0.4 is 15.0 Å². The first-order chi connectivity index (χ1) is 27.9. The lowest BCUT2D eigenvalue weighted by Crippen LogP contribution is -2.48. The molecule has 1 aromatic carbocycles. The lowest BCUT2D eigenvalue weighted by Gasteiger charge is -2.34. The highest BCUT2D eigenvalue weighted by molar-refractivity contribution is 7.90.